The minimum absolute atomic E-state index is 0.0471. The SMILES string of the molecule is CCCCCCCC/C=C\CCCCCCC[13C](=O)OC[13C@H](CCl)O[13C](=O)CCCCCCC/C=C\CCCCCCCC. The molecule has 0 saturated carbocycles. The lowest BCUT2D eigenvalue weighted by Crippen LogP contribution is -2.26. The zero-order chi connectivity index (χ0) is 32.2. The van der Waals surface area contributed by atoms with Gasteiger partial charge in [-0.25, -0.2) is 0 Å². The van der Waals surface area contributed by atoms with Crippen LogP contribution in [0.1, 0.15) is 194 Å². The van der Waals surface area contributed by atoms with Crippen molar-refractivity contribution in [2.45, 2.75) is 200 Å². The lowest BCUT2D eigenvalue weighted by molar-refractivity contribution is -0.157. The molecule has 0 aromatic rings. The summed E-state index contributed by atoms with van der Waals surface area (Å²) in [6, 6.07) is 0. The van der Waals surface area contributed by atoms with E-state index in [1.54, 1.807) is 0 Å². The summed E-state index contributed by atoms with van der Waals surface area (Å²) in [5, 5.41) is 0. The highest BCUT2D eigenvalue weighted by molar-refractivity contribution is 6.18. The zero-order valence-corrected chi connectivity index (χ0v) is 29.9. The van der Waals surface area contributed by atoms with Crippen LogP contribution in [-0.2, 0) is 19.1 Å². The second-order valence-corrected chi connectivity index (χ2v) is 12.9. The van der Waals surface area contributed by atoms with Crippen LogP contribution < -0.4 is 0 Å². The van der Waals surface area contributed by atoms with Crippen LogP contribution in [0.5, 0.6) is 0 Å². The maximum absolute atomic E-state index is 12.2. The molecule has 0 aliphatic rings. The van der Waals surface area contributed by atoms with Gasteiger partial charge in [-0.3, -0.25) is 9.59 Å². The molecule has 258 valence electrons. The van der Waals surface area contributed by atoms with Gasteiger partial charge in [0.15, 0.2) is 0 Å². The van der Waals surface area contributed by atoms with Crippen molar-refractivity contribution in [3.63, 3.8) is 0 Å². The molecule has 0 spiro atoms. The number of halogens is 1. The zero-order valence-electron chi connectivity index (χ0n) is 29.1. The fourth-order valence-corrected chi connectivity index (χ4v) is 5.45. The average molecular weight is 642 g/mol. The van der Waals surface area contributed by atoms with Crippen molar-refractivity contribution in [1.29, 1.82) is 0 Å². The van der Waals surface area contributed by atoms with E-state index in [4.69, 9.17) is 21.1 Å². The van der Waals surface area contributed by atoms with Crippen LogP contribution in [0.15, 0.2) is 24.3 Å². The third kappa shape index (κ3) is 33.6. The van der Waals surface area contributed by atoms with Gasteiger partial charge >= 0.3 is 11.9 Å². The van der Waals surface area contributed by atoms with Crippen LogP contribution >= 0.6 is 11.6 Å². The topological polar surface area (TPSA) is 52.6 Å². The van der Waals surface area contributed by atoms with E-state index in [9.17, 15) is 9.59 Å². The Morgan fingerprint density at radius 1 is 0.500 bits per heavy atom. The van der Waals surface area contributed by atoms with Crippen LogP contribution in [0, 0.1) is 0 Å². The van der Waals surface area contributed by atoms with E-state index in [1.807, 2.05) is 0 Å². The molecule has 0 heterocycles. The van der Waals surface area contributed by atoms with Gasteiger partial charge in [-0.15, -0.1) is 11.6 Å². The summed E-state index contributed by atoms with van der Waals surface area (Å²) in [5.74, 6) is -0.341. The number of esters is 2. The van der Waals surface area contributed by atoms with Gasteiger partial charge in [-0.2, -0.15) is 0 Å². The van der Waals surface area contributed by atoms with E-state index in [2.05, 4.69) is 38.2 Å². The first-order valence-electron chi connectivity index (χ1n) is 18.8. The van der Waals surface area contributed by atoms with Crippen molar-refractivity contribution < 1.29 is 19.1 Å². The number of alkyl halides is 1. The highest BCUT2D eigenvalue weighted by Crippen LogP contribution is 2.13. The number of ether oxygens (including phenoxy) is 2. The Labute approximate surface area is 278 Å². The molecule has 4 nitrogen and oxygen atoms in total. The van der Waals surface area contributed by atoms with Gasteiger partial charge in [0.25, 0.3) is 0 Å². The summed E-state index contributed by atoms with van der Waals surface area (Å²) in [6.45, 7) is 4.57. The minimum atomic E-state index is -0.564. The second-order valence-electron chi connectivity index (χ2n) is 12.6. The van der Waals surface area contributed by atoms with Gasteiger partial charge in [-0.1, -0.05) is 141 Å². The largest absolute Gasteiger partial charge is 0.462 e. The van der Waals surface area contributed by atoms with Gasteiger partial charge in [0.1, 0.15) is 12.7 Å². The smallest absolute Gasteiger partial charge is 0.306 e. The normalized spacial score (nSPS) is 12.3. The average Bonchev–Trinajstić information content (AvgIpc) is 3.02. The number of unbranched alkanes of at least 4 members (excludes halogenated alkanes) is 22. The number of rotatable bonds is 34. The molecule has 0 saturated heterocycles. The number of hydrogen-bond acceptors (Lipinski definition) is 4. The summed E-state index contributed by atoms with van der Waals surface area (Å²) < 4.78 is 10.8. The van der Waals surface area contributed by atoms with E-state index in [-0.39, 0.29) is 24.4 Å². The first-order valence-corrected chi connectivity index (χ1v) is 19.4. The number of carbonyl (C=O) groups is 2. The molecule has 44 heavy (non-hydrogen) atoms. The molecule has 0 aliphatic heterocycles. The van der Waals surface area contributed by atoms with Crippen molar-refractivity contribution >= 4 is 23.5 Å². The summed E-state index contributed by atoms with van der Waals surface area (Å²) in [7, 11) is 0. The van der Waals surface area contributed by atoms with Crippen molar-refractivity contribution in [2.24, 2.45) is 0 Å². The fraction of sp³-hybridized carbons (Fsp3) is 0.846. The molecule has 0 bridgehead atoms. The Morgan fingerprint density at radius 3 is 1.23 bits per heavy atom. The molecule has 0 aliphatic carbocycles. The molecular weight excluding hydrogens is 571 g/mol. The predicted molar refractivity (Wildman–Crippen MR) is 190 cm³/mol. The summed E-state index contributed by atoms with van der Waals surface area (Å²) >= 11 is 5.96. The fourth-order valence-electron chi connectivity index (χ4n) is 5.29. The molecule has 1 atom stereocenters. The third-order valence-corrected chi connectivity index (χ3v) is 8.53. The minimum Gasteiger partial charge on any atom is -0.462 e. The molecule has 0 aromatic carbocycles. The quantitative estimate of drug-likeness (QED) is 0.0230. The van der Waals surface area contributed by atoms with Gasteiger partial charge in [0.2, 0.25) is 0 Å². The van der Waals surface area contributed by atoms with E-state index >= 15 is 0 Å². The summed E-state index contributed by atoms with van der Waals surface area (Å²) in [4.78, 5) is 24.3. The van der Waals surface area contributed by atoms with E-state index in [0.29, 0.717) is 12.8 Å². The number of carbonyl (C=O) groups excluding carboxylic acids is 2. The molecule has 0 amide bonds. The van der Waals surface area contributed by atoms with Gasteiger partial charge in [-0.05, 0) is 64.2 Å². The van der Waals surface area contributed by atoms with Crippen LogP contribution in [0.3, 0.4) is 0 Å². The van der Waals surface area contributed by atoms with Crippen LogP contribution in [0.4, 0.5) is 0 Å². The maximum Gasteiger partial charge on any atom is 0.306 e. The lowest BCUT2D eigenvalue weighted by atomic mass is 10.1. The second kappa shape index (κ2) is 36.2. The molecule has 5 heteroatoms. The summed E-state index contributed by atoms with van der Waals surface area (Å²) in [6.07, 6.45) is 41.5. The Morgan fingerprint density at radius 2 is 0.841 bits per heavy atom. The standard InChI is InChI=1S/C39H71ClO4/c1-3-5-7-9-11-13-15-17-19-21-23-25-27-29-31-33-38(41)43-36-37(35-40)44-39(42)34-32-30-28-26-24-22-20-18-16-14-12-10-8-6-4-2/h17-20,37H,3-16,21-36H2,1-2H3/b19-17-,20-18-/t37-/m0/s1/i37+1,38+1,39+1. The number of allylic oxidation sites excluding steroid dienone is 4. The van der Waals surface area contributed by atoms with Crippen molar-refractivity contribution in [3.05, 3.63) is 24.3 Å². The highest BCUT2D eigenvalue weighted by atomic mass is 35.5. The summed E-state index contributed by atoms with van der Waals surface area (Å²) in [5.41, 5.74) is 0. The molecule has 0 unspecified atom stereocenters. The first kappa shape index (κ1) is 42.7. The molecule has 0 rings (SSSR count). The highest BCUT2D eigenvalue weighted by Gasteiger charge is 2.16. The molecule has 0 aromatic heterocycles. The number of hydrogen-bond donors (Lipinski definition) is 0. The monoisotopic (exact) mass is 642 g/mol. The Balaban J connectivity index is 3.58. The predicted octanol–water partition coefficient (Wildman–Crippen LogP) is 12.8. The first-order chi connectivity index (χ1) is 21.6. The van der Waals surface area contributed by atoms with Crippen LogP contribution in [0.25, 0.3) is 0 Å². The van der Waals surface area contributed by atoms with E-state index in [1.165, 1.54) is 116 Å². The van der Waals surface area contributed by atoms with Crippen molar-refractivity contribution in [2.75, 3.05) is 12.5 Å². The van der Waals surface area contributed by atoms with Gasteiger partial charge in [0, 0.05) is 12.8 Å². The molecule has 0 radical (unpaired) electrons. The van der Waals surface area contributed by atoms with Gasteiger partial charge in [0.05, 0.1) is 5.88 Å². The van der Waals surface area contributed by atoms with Crippen LogP contribution in [-0.4, -0.2) is 30.5 Å². The van der Waals surface area contributed by atoms with E-state index in [0.717, 1.165) is 51.4 Å². The lowest BCUT2D eigenvalue weighted by Gasteiger charge is -2.15. The van der Waals surface area contributed by atoms with Gasteiger partial charge < -0.3 is 9.47 Å². The maximum atomic E-state index is 12.2. The molecule has 0 fully saturated rings. The van der Waals surface area contributed by atoms with Crippen LogP contribution in [0.2, 0.25) is 0 Å². The Bertz CT molecular complexity index is 675. The van der Waals surface area contributed by atoms with Crippen molar-refractivity contribution in [1.82, 2.24) is 0 Å². The molecule has 0 N–H and O–H groups in total. The Hall–Kier alpha value is -1.29. The van der Waals surface area contributed by atoms with Crippen molar-refractivity contribution in [3.8, 4) is 0 Å². The van der Waals surface area contributed by atoms with E-state index < -0.39 is 6.10 Å². The molecular formula is C39H71ClO4. The third-order valence-electron chi connectivity index (χ3n) is 8.19. The Kier molecular flexibility index (Phi) is 35.1.